The van der Waals surface area contributed by atoms with Crippen molar-refractivity contribution in [3.63, 3.8) is 0 Å². The highest BCUT2D eigenvalue weighted by Crippen LogP contribution is 2.18. The van der Waals surface area contributed by atoms with Crippen molar-refractivity contribution in [3.05, 3.63) is 65.2 Å². The largest absolute Gasteiger partial charge is 0.493 e. The second-order valence-corrected chi connectivity index (χ2v) is 6.17. The van der Waals surface area contributed by atoms with Gasteiger partial charge in [0.1, 0.15) is 5.75 Å². The first-order valence-corrected chi connectivity index (χ1v) is 8.12. The molecule has 22 heavy (non-hydrogen) atoms. The smallest absolute Gasteiger partial charge is 0.123 e. The summed E-state index contributed by atoms with van der Waals surface area (Å²) >= 11 is 0. The Hall–Kier alpha value is -1.80. The van der Waals surface area contributed by atoms with E-state index < -0.39 is 0 Å². The Kier molecular flexibility index (Phi) is 6.47. The van der Waals surface area contributed by atoms with Gasteiger partial charge in [-0.3, -0.25) is 0 Å². The van der Waals surface area contributed by atoms with Crippen molar-refractivity contribution in [2.24, 2.45) is 5.92 Å². The maximum atomic E-state index is 5.89. The average molecular weight is 297 g/mol. The molecule has 0 heterocycles. The molecule has 0 aliphatic rings. The van der Waals surface area contributed by atoms with Gasteiger partial charge in [0.15, 0.2) is 0 Å². The van der Waals surface area contributed by atoms with Gasteiger partial charge in [-0.2, -0.15) is 0 Å². The first-order chi connectivity index (χ1) is 10.7. The minimum atomic E-state index is 0.544. The van der Waals surface area contributed by atoms with E-state index in [0.717, 1.165) is 31.9 Å². The molecular formula is C20H27NO. The van der Waals surface area contributed by atoms with Crippen LogP contribution < -0.4 is 10.1 Å². The number of hydrogen-bond acceptors (Lipinski definition) is 2. The Balaban J connectivity index is 1.83. The lowest BCUT2D eigenvalue weighted by Gasteiger charge is -2.14. The van der Waals surface area contributed by atoms with Crippen LogP contribution in [0, 0.1) is 12.8 Å². The van der Waals surface area contributed by atoms with Crippen LogP contribution in [-0.4, -0.2) is 13.2 Å². The Bertz CT molecular complexity index is 577. The average Bonchev–Trinajstić information content (AvgIpc) is 2.52. The van der Waals surface area contributed by atoms with E-state index in [0.29, 0.717) is 5.92 Å². The molecule has 0 radical (unpaired) electrons. The molecule has 2 nitrogen and oxygen atoms in total. The third-order valence-corrected chi connectivity index (χ3v) is 3.69. The zero-order valence-corrected chi connectivity index (χ0v) is 13.9. The molecule has 0 unspecified atom stereocenters. The summed E-state index contributed by atoms with van der Waals surface area (Å²) in [5, 5.41) is 3.53. The van der Waals surface area contributed by atoms with Crippen molar-refractivity contribution >= 4 is 0 Å². The van der Waals surface area contributed by atoms with Crippen LogP contribution in [0.2, 0.25) is 0 Å². The molecule has 2 aromatic carbocycles. The van der Waals surface area contributed by atoms with Crippen LogP contribution in [0.1, 0.15) is 30.5 Å². The summed E-state index contributed by atoms with van der Waals surface area (Å²) in [5.74, 6) is 1.54. The van der Waals surface area contributed by atoms with Gasteiger partial charge in [0.2, 0.25) is 0 Å². The highest BCUT2D eigenvalue weighted by molar-refractivity contribution is 5.33. The Labute approximate surface area is 134 Å². The van der Waals surface area contributed by atoms with Gasteiger partial charge in [-0.15, -0.1) is 0 Å². The molecule has 0 bridgehead atoms. The molecule has 0 amide bonds. The third-order valence-electron chi connectivity index (χ3n) is 3.69. The van der Waals surface area contributed by atoms with Gasteiger partial charge in [-0.1, -0.05) is 56.3 Å². The Morgan fingerprint density at radius 2 is 1.64 bits per heavy atom. The summed E-state index contributed by atoms with van der Waals surface area (Å²) in [6.07, 6.45) is 1.06. The molecular weight excluding hydrogens is 270 g/mol. The summed E-state index contributed by atoms with van der Waals surface area (Å²) < 4.78 is 5.89. The zero-order valence-electron chi connectivity index (χ0n) is 13.9. The monoisotopic (exact) mass is 297 g/mol. The minimum Gasteiger partial charge on any atom is -0.493 e. The van der Waals surface area contributed by atoms with Crippen molar-refractivity contribution in [1.82, 2.24) is 5.32 Å². The molecule has 118 valence electrons. The first-order valence-electron chi connectivity index (χ1n) is 8.12. The molecule has 0 saturated heterocycles. The molecule has 0 atom stereocenters. The molecule has 2 heteroatoms. The number of aryl methyl sites for hydroxylation is 1. The van der Waals surface area contributed by atoms with Gasteiger partial charge >= 0.3 is 0 Å². The molecule has 2 rings (SSSR count). The van der Waals surface area contributed by atoms with E-state index in [-0.39, 0.29) is 0 Å². The van der Waals surface area contributed by atoms with Crippen LogP contribution in [0.15, 0.2) is 48.5 Å². The van der Waals surface area contributed by atoms with Crippen LogP contribution in [0.4, 0.5) is 0 Å². The molecule has 0 saturated carbocycles. The molecule has 0 fully saturated rings. The van der Waals surface area contributed by atoms with Crippen LogP contribution in [0.3, 0.4) is 0 Å². The van der Waals surface area contributed by atoms with E-state index in [4.69, 9.17) is 4.74 Å². The topological polar surface area (TPSA) is 21.3 Å². The summed E-state index contributed by atoms with van der Waals surface area (Å²) in [6, 6.07) is 16.9. The quantitative estimate of drug-likeness (QED) is 0.731. The number of ether oxygens (including phenoxy) is 1. The fraction of sp³-hybridized carbons (Fsp3) is 0.400. The van der Waals surface area contributed by atoms with E-state index in [1.807, 2.05) is 6.07 Å². The van der Waals surface area contributed by atoms with Crippen LogP contribution in [0.25, 0.3) is 0 Å². The fourth-order valence-corrected chi connectivity index (χ4v) is 2.38. The number of benzene rings is 2. The van der Waals surface area contributed by atoms with Gasteiger partial charge in [0, 0.05) is 12.1 Å². The molecule has 1 N–H and O–H groups in total. The highest BCUT2D eigenvalue weighted by Gasteiger charge is 2.04. The van der Waals surface area contributed by atoms with E-state index in [1.54, 1.807) is 0 Å². The summed E-state index contributed by atoms with van der Waals surface area (Å²) in [6.45, 7) is 9.10. The van der Waals surface area contributed by atoms with Crippen LogP contribution in [0.5, 0.6) is 5.75 Å². The molecule has 0 aromatic heterocycles. The van der Waals surface area contributed by atoms with Crippen molar-refractivity contribution in [3.8, 4) is 5.75 Å². The van der Waals surface area contributed by atoms with Crippen molar-refractivity contribution in [1.29, 1.82) is 0 Å². The summed E-state index contributed by atoms with van der Waals surface area (Å²) in [7, 11) is 0. The van der Waals surface area contributed by atoms with Gasteiger partial charge in [-0.05, 0) is 43.0 Å². The maximum Gasteiger partial charge on any atom is 0.123 e. The number of nitrogens with one attached hydrogen (secondary N) is 1. The summed E-state index contributed by atoms with van der Waals surface area (Å²) in [4.78, 5) is 0. The van der Waals surface area contributed by atoms with E-state index >= 15 is 0 Å². The molecule has 0 aliphatic carbocycles. The number of rotatable bonds is 8. The number of hydrogen-bond donors (Lipinski definition) is 1. The van der Waals surface area contributed by atoms with E-state index in [1.165, 1.54) is 16.7 Å². The van der Waals surface area contributed by atoms with Crippen LogP contribution >= 0.6 is 0 Å². The van der Waals surface area contributed by atoms with Gasteiger partial charge in [-0.25, -0.2) is 0 Å². The van der Waals surface area contributed by atoms with Gasteiger partial charge in [0.25, 0.3) is 0 Å². The standard InChI is InChI=1S/C20H27NO/c1-16(2)15-22-20-11-7-6-10-19(20)14-21-13-12-18-9-5-4-8-17(18)3/h4-11,16,21H,12-15H2,1-3H3. The maximum absolute atomic E-state index is 5.89. The van der Waals surface area contributed by atoms with Crippen molar-refractivity contribution < 1.29 is 4.74 Å². The lowest BCUT2D eigenvalue weighted by Crippen LogP contribution is -2.18. The van der Waals surface area contributed by atoms with Crippen LogP contribution in [-0.2, 0) is 13.0 Å². The van der Waals surface area contributed by atoms with Crippen molar-refractivity contribution in [2.45, 2.75) is 33.7 Å². The summed E-state index contributed by atoms with van der Waals surface area (Å²) in [5.41, 5.74) is 4.01. The van der Waals surface area contributed by atoms with E-state index in [2.05, 4.69) is 68.6 Å². The lowest BCUT2D eigenvalue weighted by atomic mass is 10.1. The lowest BCUT2D eigenvalue weighted by molar-refractivity contribution is 0.268. The third kappa shape index (κ3) is 5.19. The van der Waals surface area contributed by atoms with Gasteiger partial charge < -0.3 is 10.1 Å². The predicted molar refractivity (Wildman–Crippen MR) is 93.4 cm³/mol. The molecule has 0 spiro atoms. The van der Waals surface area contributed by atoms with Crippen molar-refractivity contribution in [2.75, 3.05) is 13.2 Å². The Morgan fingerprint density at radius 1 is 0.955 bits per heavy atom. The molecule has 2 aromatic rings. The normalized spacial score (nSPS) is 10.9. The highest BCUT2D eigenvalue weighted by atomic mass is 16.5. The first kappa shape index (κ1) is 16.6. The predicted octanol–water partition coefficient (Wildman–Crippen LogP) is 4.36. The zero-order chi connectivity index (χ0) is 15.8. The second-order valence-electron chi connectivity index (χ2n) is 6.17. The van der Waals surface area contributed by atoms with E-state index in [9.17, 15) is 0 Å². The second kappa shape index (κ2) is 8.60. The van der Waals surface area contributed by atoms with Gasteiger partial charge in [0.05, 0.1) is 6.61 Å². The SMILES string of the molecule is Cc1ccccc1CCNCc1ccccc1OCC(C)C. The fourth-order valence-electron chi connectivity index (χ4n) is 2.38. The number of para-hydroxylation sites is 1. The molecule has 0 aliphatic heterocycles. The minimum absolute atomic E-state index is 0.544. The Morgan fingerprint density at radius 3 is 2.36 bits per heavy atom.